The maximum atomic E-state index is 14.8. The van der Waals surface area contributed by atoms with Crippen LogP contribution in [0.25, 0.3) is 0 Å². The van der Waals surface area contributed by atoms with Crippen molar-refractivity contribution < 1.29 is 50.2 Å². The van der Waals surface area contributed by atoms with Gasteiger partial charge in [0.05, 0.1) is 35.1 Å². The minimum absolute atomic E-state index is 0.0510. The third-order valence-corrected chi connectivity index (χ3v) is 7.55. The topological polar surface area (TPSA) is 90.9 Å². The molecule has 0 bridgehead atoms. The molecular formula is C26H15ClF7N3O4. The summed E-state index contributed by atoms with van der Waals surface area (Å²) >= 11 is 6.22. The molecule has 0 saturated carbocycles. The molecule has 0 spiro atoms. The summed E-state index contributed by atoms with van der Waals surface area (Å²) in [4.78, 5) is 26.9. The number of anilines is 2. The highest BCUT2D eigenvalue weighted by Crippen LogP contribution is 2.52. The van der Waals surface area contributed by atoms with Crippen molar-refractivity contribution >= 4 is 34.9 Å². The fourth-order valence-electron chi connectivity index (χ4n) is 5.35. The van der Waals surface area contributed by atoms with E-state index in [1.165, 1.54) is 0 Å². The predicted molar refractivity (Wildman–Crippen MR) is 129 cm³/mol. The fourth-order valence-corrected chi connectivity index (χ4v) is 5.58. The van der Waals surface area contributed by atoms with Gasteiger partial charge in [-0.25, -0.2) is 13.6 Å². The van der Waals surface area contributed by atoms with Crippen LogP contribution < -0.4 is 20.3 Å². The molecule has 0 aliphatic carbocycles. The molecule has 2 atom stereocenters. The molecule has 214 valence electrons. The maximum Gasteiger partial charge on any atom is 0.423 e. The van der Waals surface area contributed by atoms with E-state index in [9.17, 15) is 45.4 Å². The lowest BCUT2D eigenvalue weighted by Gasteiger charge is -2.27. The maximum absolute atomic E-state index is 14.8. The fraction of sp³-hybridized carbons (Fsp3) is 0.231. The van der Waals surface area contributed by atoms with Crippen LogP contribution >= 0.6 is 11.6 Å². The predicted octanol–water partition coefficient (Wildman–Crippen LogP) is 5.74. The van der Waals surface area contributed by atoms with E-state index >= 15 is 0 Å². The quantitative estimate of drug-likeness (QED) is 0.327. The summed E-state index contributed by atoms with van der Waals surface area (Å²) in [5.41, 5.74) is -7.02. The van der Waals surface area contributed by atoms with Gasteiger partial charge < -0.3 is 20.5 Å². The van der Waals surface area contributed by atoms with Gasteiger partial charge in [-0.2, -0.15) is 22.0 Å². The van der Waals surface area contributed by atoms with Crippen molar-refractivity contribution in [2.24, 2.45) is 0 Å². The van der Waals surface area contributed by atoms with Crippen molar-refractivity contribution in [1.29, 1.82) is 0 Å². The minimum atomic E-state index is -5.31. The lowest BCUT2D eigenvalue weighted by Crippen LogP contribution is -2.48. The molecule has 3 aromatic carbocycles. The van der Waals surface area contributed by atoms with Crippen LogP contribution in [0.1, 0.15) is 38.7 Å². The molecule has 3 amide bonds. The Morgan fingerprint density at radius 1 is 1.12 bits per heavy atom. The van der Waals surface area contributed by atoms with Gasteiger partial charge >= 0.3 is 18.1 Å². The first kappa shape index (κ1) is 27.1. The number of benzene rings is 3. The van der Waals surface area contributed by atoms with Gasteiger partial charge in [0, 0.05) is 27.8 Å². The summed E-state index contributed by atoms with van der Waals surface area (Å²) in [6, 6.07) is 3.56. The van der Waals surface area contributed by atoms with Crippen LogP contribution in [0.5, 0.6) is 5.75 Å². The Labute approximate surface area is 230 Å². The normalized spacial score (nSPS) is 22.1. The van der Waals surface area contributed by atoms with Crippen LogP contribution in [0, 0.1) is 11.6 Å². The number of carbonyl (C=O) groups is 2. The third kappa shape index (κ3) is 3.99. The molecular weight excluding hydrogens is 587 g/mol. The molecule has 6 rings (SSSR count). The number of alkyl halides is 5. The number of hydrogen-bond acceptors (Lipinski definition) is 4. The van der Waals surface area contributed by atoms with E-state index in [0.29, 0.717) is 11.0 Å². The second-order valence-electron chi connectivity index (χ2n) is 9.69. The Hall–Kier alpha value is -4.04. The minimum Gasteiger partial charge on any atom is -0.486 e. The summed E-state index contributed by atoms with van der Waals surface area (Å²) in [6.07, 6.45) is -5.31. The number of aliphatic hydroxyl groups is 1. The number of rotatable bonds is 2. The van der Waals surface area contributed by atoms with Crippen LogP contribution in [-0.4, -0.2) is 36.4 Å². The van der Waals surface area contributed by atoms with Gasteiger partial charge in [-0.3, -0.25) is 9.69 Å². The summed E-state index contributed by atoms with van der Waals surface area (Å²) in [5, 5.41) is 15.2. The number of hydrogen-bond donors (Lipinski definition) is 3. The molecule has 0 aromatic heterocycles. The van der Waals surface area contributed by atoms with Crippen molar-refractivity contribution in [2.75, 3.05) is 23.4 Å². The molecule has 3 heterocycles. The first-order valence-corrected chi connectivity index (χ1v) is 12.2. The van der Waals surface area contributed by atoms with E-state index in [-0.39, 0.29) is 21.8 Å². The van der Waals surface area contributed by atoms with Crippen LogP contribution in [0.15, 0.2) is 42.5 Å². The van der Waals surface area contributed by atoms with Crippen LogP contribution in [0.4, 0.5) is 46.9 Å². The van der Waals surface area contributed by atoms with Gasteiger partial charge in [-0.05, 0) is 36.4 Å². The van der Waals surface area contributed by atoms with Gasteiger partial charge in [-0.1, -0.05) is 11.6 Å². The number of nitrogens with zero attached hydrogens (tertiary/aromatic N) is 1. The zero-order valence-electron chi connectivity index (χ0n) is 20.2. The van der Waals surface area contributed by atoms with Crippen LogP contribution in [-0.2, 0) is 11.5 Å². The number of β-amino-alcohol motifs (C(OH)–C–C–N with tert-alkyl or cyclic N) is 1. The Morgan fingerprint density at radius 2 is 1.80 bits per heavy atom. The van der Waals surface area contributed by atoms with Crippen molar-refractivity contribution in [3.63, 3.8) is 0 Å². The van der Waals surface area contributed by atoms with E-state index in [1.54, 1.807) is 0 Å². The second kappa shape index (κ2) is 8.73. The molecule has 2 unspecified atom stereocenters. The number of halogens is 8. The number of amides is 3. The van der Waals surface area contributed by atoms with Gasteiger partial charge in [0.1, 0.15) is 17.4 Å². The molecule has 3 aliphatic heterocycles. The Bertz CT molecular complexity index is 1660. The summed E-state index contributed by atoms with van der Waals surface area (Å²) < 4.78 is 104. The SMILES string of the molecule is O=C1NC(c2cc(F)ccc2Cl)c2c(NC(=O)N3CC(O)(C(F)(F)F)c4cc(F)ccc43)cc3c(c21)C(F)(F)CO3. The Balaban J connectivity index is 1.48. The van der Waals surface area contributed by atoms with Gasteiger partial charge in [0.25, 0.3) is 5.91 Å². The van der Waals surface area contributed by atoms with Crippen molar-refractivity contribution in [2.45, 2.75) is 23.7 Å². The number of fused-ring (bicyclic) bond motifs is 4. The summed E-state index contributed by atoms with van der Waals surface area (Å²) in [6.45, 7) is -2.49. The van der Waals surface area contributed by atoms with Crippen molar-refractivity contribution in [3.05, 3.63) is 86.9 Å². The van der Waals surface area contributed by atoms with E-state index in [0.717, 1.165) is 36.4 Å². The van der Waals surface area contributed by atoms with Gasteiger partial charge in [0.2, 0.25) is 5.60 Å². The molecule has 3 N–H and O–H groups in total. The number of carbonyl (C=O) groups excluding carboxylic acids is 2. The van der Waals surface area contributed by atoms with Gasteiger partial charge in [0.15, 0.2) is 6.61 Å². The number of ether oxygens (including phenoxy) is 1. The highest BCUT2D eigenvalue weighted by Gasteiger charge is 2.61. The van der Waals surface area contributed by atoms with E-state index in [1.807, 2.05) is 0 Å². The standard InChI is InChI=1S/C26H15ClF7N3O4/c27-14-3-1-10(28)5-12(14)21-18-15(7-17-20(19(18)22(38)36-21)25(30,31)9-41-17)35-23(39)37-8-24(40,26(32,33)34)13-6-11(29)2-4-16(13)37/h1-7,21,40H,8-9H2,(H,35,39)(H,36,38). The number of urea groups is 1. The first-order valence-electron chi connectivity index (χ1n) is 11.8. The molecule has 15 heteroatoms. The van der Waals surface area contributed by atoms with Crippen LogP contribution in [0.3, 0.4) is 0 Å². The molecule has 0 fully saturated rings. The van der Waals surface area contributed by atoms with Gasteiger partial charge in [-0.15, -0.1) is 0 Å². The smallest absolute Gasteiger partial charge is 0.423 e. The highest BCUT2D eigenvalue weighted by atomic mass is 35.5. The first-order chi connectivity index (χ1) is 19.1. The Morgan fingerprint density at radius 3 is 2.51 bits per heavy atom. The average Bonchev–Trinajstić information content (AvgIpc) is 3.50. The van der Waals surface area contributed by atoms with E-state index < -0.39 is 88.6 Å². The molecule has 0 saturated heterocycles. The Kier molecular flexibility index (Phi) is 5.78. The summed E-state index contributed by atoms with van der Waals surface area (Å²) in [5.74, 6) is -6.99. The lowest BCUT2D eigenvalue weighted by atomic mass is 9.91. The molecule has 3 aliphatic rings. The molecule has 7 nitrogen and oxygen atoms in total. The van der Waals surface area contributed by atoms with E-state index in [4.69, 9.17) is 16.3 Å². The van der Waals surface area contributed by atoms with Crippen molar-refractivity contribution in [1.82, 2.24) is 5.32 Å². The monoisotopic (exact) mass is 601 g/mol. The molecule has 0 radical (unpaired) electrons. The highest BCUT2D eigenvalue weighted by molar-refractivity contribution is 6.31. The average molecular weight is 602 g/mol. The molecule has 41 heavy (non-hydrogen) atoms. The molecule has 3 aromatic rings. The van der Waals surface area contributed by atoms with Crippen molar-refractivity contribution in [3.8, 4) is 5.75 Å². The lowest BCUT2D eigenvalue weighted by molar-refractivity contribution is -0.258. The van der Waals surface area contributed by atoms with E-state index in [2.05, 4.69) is 10.6 Å². The number of nitrogens with one attached hydrogen (secondary N) is 2. The third-order valence-electron chi connectivity index (χ3n) is 7.20. The largest absolute Gasteiger partial charge is 0.486 e. The zero-order chi connectivity index (χ0) is 29.6. The van der Waals surface area contributed by atoms with Crippen LogP contribution in [0.2, 0.25) is 5.02 Å². The summed E-state index contributed by atoms with van der Waals surface area (Å²) in [7, 11) is 0. The zero-order valence-corrected chi connectivity index (χ0v) is 20.9. The second-order valence-corrected chi connectivity index (χ2v) is 10.1.